The summed E-state index contributed by atoms with van der Waals surface area (Å²) in [6, 6.07) is 16.4. The van der Waals surface area contributed by atoms with Gasteiger partial charge < -0.3 is 4.74 Å². The van der Waals surface area contributed by atoms with Crippen molar-refractivity contribution in [2.24, 2.45) is 0 Å². The van der Waals surface area contributed by atoms with E-state index in [2.05, 4.69) is 10.9 Å². The third-order valence-corrected chi connectivity index (χ3v) is 6.29. The van der Waals surface area contributed by atoms with E-state index in [0.29, 0.717) is 5.75 Å². The zero-order valence-corrected chi connectivity index (χ0v) is 17.5. The first-order chi connectivity index (χ1) is 14.2. The summed E-state index contributed by atoms with van der Waals surface area (Å²) in [6.07, 6.45) is 0. The molecule has 3 aromatic carbocycles. The summed E-state index contributed by atoms with van der Waals surface area (Å²) >= 11 is 0. The SMILES string of the molecule is COc1cc2ccccc2cc1C(=O)NNC(=O)c1cccc(S(=O)(=O)N(C)C)c1. The van der Waals surface area contributed by atoms with Crippen molar-refractivity contribution >= 4 is 32.6 Å². The number of benzene rings is 3. The zero-order chi connectivity index (χ0) is 21.9. The second-order valence-corrected chi connectivity index (χ2v) is 8.77. The number of sulfonamides is 1. The van der Waals surface area contributed by atoms with E-state index >= 15 is 0 Å². The highest BCUT2D eigenvalue weighted by atomic mass is 32.2. The molecule has 2 N–H and O–H groups in total. The van der Waals surface area contributed by atoms with Crippen molar-refractivity contribution < 1.29 is 22.7 Å². The second-order valence-electron chi connectivity index (χ2n) is 6.62. The fraction of sp³-hybridized carbons (Fsp3) is 0.143. The van der Waals surface area contributed by atoms with E-state index in [9.17, 15) is 18.0 Å². The predicted octanol–water partition coefficient (Wildman–Crippen LogP) is 2.17. The van der Waals surface area contributed by atoms with Gasteiger partial charge in [-0.2, -0.15) is 0 Å². The number of carbonyl (C=O) groups excluding carboxylic acids is 2. The molecule has 0 aromatic heterocycles. The van der Waals surface area contributed by atoms with Crippen molar-refractivity contribution in [2.45, 2.75) is 4.90 Å². The van der Waals surface area contributed by atoms with Crippen LogP contribution in [0.3, 0.4) is 0 Å². The molecule has 8 nitrogen and oxygen atoms in total. The van der Waals surface area contributed by atoms with Crippen LogP contribution in [0.5, 0.6) is 5.75 Å². The van der Waals surface area contributed by atoms with Crippen molar-refractivity contribution in [3.05, 3.63) is 71.8 Å². The number of hydrazine groups is 1. The molecule has 0 aliphatic heterocycles. The Morgan fingerprint density at radius 3 is 2.13 bits per heavy atom. The first-order valence-corrected chi connectivity index (χ1v) is 10.4. The van der Waals surface area contributed by atoms with Crippen LogP contribution in [0.4, 0.5) is 0 Å². The van der Waals surface area contributed by atoms with Crippen LogP contribution in [-0.4, -0.2) is 45.7 Å². The maximum Gasteiger partial charge on any atom is 0.273 e. The van der Waals surface area contributed by atoms with Gasteiger partial charge in [-0.1, -0.05) is 30.3 Å². The average Bonchev–Trinajstić information content (AvgIpc) is 2.76. The zero-order valence-electron chi connectivity index (χ0n) is 16.7. The highest BCUT2D eigenvalue weighted by molar-refractivity contribution is 7.89. The molecule has 0 unspecified atom stereocenters. The summed E-state index contributed by atoms with van der Waals surface area (Å²) in [4.78, 5) is 25.0. The first-order valence-electron chi connectivity index (χ1n) is 8.94. The van der Waals surface area contributed by atoms with E-state index in [-0.39, 0.29) is 16.0 Å². The van der Waals surface area contributed by atoms with Gasteiger partial charge in [-0.3, -0.25) is 20.4 Å². The minimum atomic E-state index is -3.69. The number of amides is 2. The molecule has 0 spiro atoms. The fourth-order valence-electron chi connectivity index (χ4n) is 2.83. The Labute approximate surface area is 174 Å². The molecule has 0 saturated carbocycles. The molecule has 0 aliphatic carbocycles. The molecule has 0 saturated heterocycles. The number of ether oxygens (including phenoxy) is 1. The molecule has 3 rings (SSSR count). The number of nitrogens with one attached hydrogen (secondary N) is 2. The van der Waals surface area contributed by atoms with Gasteiger partial charge in [0, 0.05) is 19.7 Å². The van der Waals surface area contributed by atoms with Gasteiger partial charge in [0.05, 0.1) is 17.6 Å². The average molecular weight is 427 g/mol. The number of fused-ring (bicyclic) bond motifs is 1. The van der Waals surface area contributed by atoms with Gasteiger partial charge in [0.2, 0.25) is 10.0 Å². The number of rotatable bonds is 5. The summed E-state index contributed by atoms with van der Waals surface area (Å²) < 4.78 is 30.8. The highest BCUT2D eigenvalue weighted by Crippen LogP contribution is 2.25. The van der Waals surface area contributed by atoms with Crippen molar-refractivity contribution in [3.63, 3.8) is 0 Å². The van der Waals surface area contributed by atoms with E-state index in [4.69, 9.17) is 4.74 Å². The van der Waals surface area contributed by atoms with Crippen LogP contribution in [0, 0.1) is 0 Å². The number of methoxy groups -OCH3 is 1. The molecule has 30 heavy (non-hydrogen) atoms. The van der Waals surface area contributed by atoms with Gasteiger partial charge in [-0.25, -0.2) is 12.7 Å². The van der Waals surface area contributed by atoms with Crippen LogP contribution < -0.4 is 15.6 Å². The lowest BCUT2D eigenvalue weighted by atomic mass is 10.1. The largest absolute Gasteiger partial charge is 0.496 e. The molecular weight excluding hydrogens is 406 g/mol. The van der Waals surface area contributed by atoms with Gasteiger partial charge >= 0.3 is 0 Å². The normalized spacial score (nSPS) is 11.3. The summed E-state index contributed by atoms with van der Waals surface area (Å²) in [7, 11) is 0.571. The molecule has 0 aliphatic rings. The Morgan fingerprint density at radius 1 is 0.867 bits per heavy atom. The van der Waals surface area contributed by atoms with Gasteiger partial charge in [0.1, 0.15) is 5.75 Å². The number of carbonyl (C=O) groups is 2. The molecule has 9 heteroatoms. The Hall–Kier alpha value is -3.43. The predicted molar refractivity (Wildman–Crippen MR) is 113 cm³/mol. The Balaban J connectivity index is 1.78. The smallest absolute Gasteiger partial charge is 0.273 e. The molecule has 0 fully saturated rings. The van der Waals surface area contributed by atoms with E-state index in [0.717, 1.165) is 15.1 Å². The maximum atomic E-state index is 12.6. The molecule has 3 aromatic rings. The molecule has 0 atom stereocenters. The van der Waals surface area contributed by atoms with E-state index < -0.39 is 21.8 Å². The maximum absolute atomic E-state index is 12.6. The third kappa shape index (κ3) is 4.27. The topological polar surface area (TPSA) is 105 Å². The van der Waals surface area contributed by atoms with Crippen LogP contribution in [0.25, 0.3) is 10.8 Å². The standard InChI is InChI=1S/C21H21N3O5S/c1-24(2)30(27,28)17-10-6-9-16(11-17)20(25)22-23-21(26)18-12-14-7-4-5-8-15(14)13-19(18)29-3/h4-13H,1-3H3,(H,22,25)(H,23,26). The van der Waals surface area contributed by atoms with Crippen LogP contribution in [0.1, 0.15) is 20.7 Å². The Morgan fingerprint density at radius 2 is 1.50 bits per heavy atom. The highest BCUT2D eigenvalue weighted by Gasteiger charge is 2.19. The second kappa shape index (κ2) is 8.52. The summed E-state index contributed by atoms with van der Waals surface area (Å²) in [5.74, 6) is -0.860. The Bertz CT molecular complexity index is 1220. The number of hydrogen-bond acceptors (Lipinski definition) is 5. The molecule has 0 radical (unpaired) electrons. The lowest BCUT2D eigenvalue weighted by Gasteiger charge is -2.13. The number of nitrogens with zero attached hydrogens (tertiary/aromatic N) is 1. The molecular formula is C21H21N3O5S. The fourth-order valence-corrected chi connectivity index (χ4v) is 3.78. The molecule has 2 amide bonds. The van der Waals surface area contributed by atoms with Crippen molar-refractivity contribution in [1.29, 1.82) is 0 Å². The van der Waals surface area contributed by atoms with Crippen molar-refractivity contribution in [1.82, 2.24) is 15.2 Å². The number of hydrogen-bond donors (Lipinski definition) is 2. The molecule has 0 bridgehead atoms. The van der Waals surface area contributed by atoms with Crippen LogP contribution in [-0.2, 0) is 10.0 Å². The quantitative estimate of drug-likeness (QED) is 0.607. The molecule has 0 heterocycles. The Kier molecular flexibility index (Phi) is 6.04. The lowest BCUT2D eigenvalue weighted by molar-refractivity contribution is 0.0845. The minimum Gasteiger partial charge on any atom is -0.496 e. The minimum absolute atomic E-state index is 0.0253. The van der Waals surface area contributed by atoms with Crippen LogP contribution >= 0.6 is 0 Å². The van der Waals surface area contributed by atoms with E-state index in [1.54, 1.807) is 12.1 Å². The van der Waals surface area contributed by atoms with Crippen molar-refractivity contribution in [2.75, 3.05) is 21.2 Å². The lowest BCUT2D eigenvalue weighted by Crippen LogP contribution is -2.41. The van der Waals surface area contributed by atoms with Gasteiger partial charge in [-0.05, 0) is 41.1 Å². The van der Waals surface area contributed by atoms with E-state index in [1.807, 2.05) is 24.3 Å². The third-order valence-electron chi connectivity index (χ3n) is 4.48. The van der Waals surface area contributed by atoms with Gasteiger partial charge in [-0.15, -0.1) is 0 Å². The van der Waals surface area contributed by atoms with Crippen LogP contribution in [0.15, 0.2) is 65.6 Å². The first kappa shape index (κ1) is 21.3. The van der Waals surface area contributed by atoms with Gasteiger partial charge in [0.15, 0.2) is 0 Å². The monoisotopic (exact) mass is 427 g/mol. The summed E-state index contributed by atoms with van der Waals surface area (Å²) in [5.41, 5.74) is 4.98. The van der Waals surface area contributed by atoms with E-state index in [1.165, 1.54) is 45.5 Å². The molecule has 156 valence electrons. The summed E-state index contributed by atoms with van der Waals surface area (Å²) in [6.45, 7) is 0. The van der Waals surface area contributed by atoms with Crippen LogP contribution in [0.2, 0.25) is 0 Å². The van der Waals surface area contributed by atoms with Gasteiger partial charge in [0.25, 0.3) is 11.8 Å². The summed E-state index contributed by atoms with van der Waals surface area (Å²) in [5, 5.41) is 1.75. The van der Waals surface area contributed by atoms with Crippen molar-refractivity contribution in [3.8, 4) is 5.75 Å².